The highest BCUT2D eigenvalue weighted by atomic mass is 32.1. The average molecular weight is 236 g/mol. The van der Waals surface area contributed by atoms with Gasteiger partial charge in [-0.05, 0) is 38.6 Å². The molecule has 1 aromatic heterocycles. The molecule has 0 bridgehead atoms. The second-order valence-corrected chi connectivity index (χ2v) is 6.30. The van der Waals surface area contributed by atoms with Gasteiger partial charge in [0, 0.05) is 29.2 Å². The highest BCUT2D eigenvalue weighted by molar-refractivity contribution is 7.10. The molecule has 88 valence electrons. The Hall–Kier alpha value is -0.800. The topological polar surface area (TPSA) is 15.3 Å². The van der Waals surface area contributed by atoms with Gasteiger partial charge in [-0.3, -0.25) is 0 Å². The van der Waals surface area contributed by atoms with Gasteiger partial charge < -0.3 is 10.2 Å². The summed E-state index contributed by atoms with van der Waals surface area (Å²) in [4.78, 5) is 3.76. The van der Waals surface area contributed by atoms with Gasteiger partial charge in [0.15, 0.2) is 0 Å². The second-order valence-electron chi connectivity index (χ2n) is 5.21. The summed E-state index contributed by atoms with van der Waals surface area (Å²) in [6.07, 6.45) is 0. The number of thiophene rings is 1. The van der Waals surface area contributed by atoms with Gasteiger partial charge in [0.25, 0.3) is 0 Å². The SMILES string of the molecule is C=C1CNC(C)(C)CN1c1c(C)csc1C. The molecule has 0 atom stereocenters. The molecule has 16 heavy (non-hydrogen) atoms. The fourth-order valence-corrected chi connectivity index (χ4v) is 3.05. The van der Waals surface area contributed by atoms with Crippen LogP contribution in [0.4, 0.5) is 5.69 Å². The first-order chi connectivity index (χ1) is 7.41. The van der Waals surface area contributed by atoms with Crippen LogP contribution >= 0.6 is 11.3 Å². The summed E-state index contributed by atoms with van der Waals surface area (Å²) < 4.78 is 0. The Labute approximate surface area is 102 Å². The summed E-state index contributed by atoms with van der Waals surface area (Å²) >= 11 is 1.82. The number of nitrogens with one attached hydrogen (secondary N) is 1. The Morgan fingerprint density at radius 2 is 2.12 bits per heavy atom. The number of piperazine rings is 1. The molecule has 2 rings (SSSR count). The van der Waals surface area contributed by atoms with Crippen LogP contribution in [0.2, 0.25) is 0 Å². The van der Waals surface area contributed by atoms with Crippen LogP contribution < -0.4 is 10.2 Å². The van der Waals surface area contributed by atoms with E-state index in [0.29, 0.717) is 0 Å². The molecule has 0 aromatic carbocycles. The van der Waals surface area contributed by atoms with E-state index in [1.54, 1.807) is 0 Å². The Balaban J connectivity index is 2.35. The van der Waals surface area contributed by atoms with Crippen LogP contribution in [0.1, 0.15) is 24.3 Å². The molecular formula is C13H20N2S. The van der Waals surface area contributed by atoms with Gasteiger partial charge in [0.05, 0.1) is 5.69 Å². The normalized spacial score (nSPS) is 20.2. The number of hydrogen-bond donors (Lipinski definition) is 1. The molecule has 1 aromatic rings. The predicted molar refractivity (Wildman–Crippen MR) is 72.4 cm³/mol. The van der Waals surface area contributed by atoms with Crippen molar-refractivity contribution in [2.24, 2.45) is 0 Å². The van der Waals surface area contributed by atoms with Crippen LogP contribution in [0, 0.1) is 13.8 Å². The molecule has 0 unspecified atom stereocenters. The number of rotatable bonds is 1. The van der Waals surface area contributed by atoms with E-state index in [4.69, 9.17) is 0 Å². The highest BCUT2D eigenvalue weighted by Gasteiger charge is 2.29. The van der Waals surface area contributed by atoms with E-state index in [2.05, 4.69) is 49.9 Å². The zero-order chi connectivity index (χ0) is 11.9. The highest BCUT2D eigenvalue weighted by Crippen LogP contribution is 2.34. The Morgan fingerprint density at radius 3 is 2.69 bits per heavy atom. The number of aryl methyl sites for hydroxylation is 2. The molecule has 1 aliphatic rings. The van der Waals surface area contributed by atoms with Crippen molar-refractivity contribution in [2.45, 2.75) is 33.2 Å². The zero-order valence-electron chi connectivity index (χ0n) is 10.6. The number of nitrogens with zero attached hydrogens (tertiary/aromatic N) is 1. The van der Waals surface area contributed by atoms with Crippen molar-refractivity contribution in [2.75, 3.05) is 18.0 Å². The lowest BCUT2D eigenvalue weighted by molar-refractivity contribution is 0.377. The van der Waals surface area contributed by atoms with Gasteiger partial charge in [-0.25, -0.2) is 0 Å². The van der Waals surface area contributed by atoms with E-state index in [1.807, 2.05) is 11.3 Å². The summed E-state index contributed by atoms with van der Waals surface area (Å²) in [7, 11) is 0. The summed E-state index contributed by atoms with van der Waals surface area (Å²) in [6.45, 7) is 14.9. The first-order valence-corrected chi connectivity index (χ1v) is 6.54. The predicted octanol–water partition coefficient (Wildman–Crippen LogP) is 3.07. The molecule has 2 heterocycles. The fourth-order valence-electron chi connectivity index (χ4n) is 2.21. The van der Waals surface area contributed by atoms with Crippen molar-refractivity contribution < 1.29 is 0 Å². The maximum Gasteiger partial charge on any atom is 0.0577 e. The molecule has 0 aliphatic carbocycles. The fraction of sp³-hybridized carbons (Fsp3) is 0.538. The van der Waals surface area contributed by atoms with Gasteiger partial charge in [0.1, 0.15) is 0 Å². The molecule has 1 saturated heterocycles. The van der Waals surface area contributed by atoms with Crippen molar-refractivity contribution in [3.05, 3.63) is 28.1 Å². The zero-order valence-corrected chi connectivity index (χ0v) is 11.4. The van der Waals surface area contributed by atoms with Crippen molar-refractivity contribution in [3.8, 4) is 0 Å². The van der Waals surface area contributed by atoms with E-state index in [1.165, 1.54) is 21.8 Å². The Bertz CT molecular complexity index is 398. The third-order valence-electron chi connectivity index (χ3n) is 3.10. The van der Waals surface area contributed by atoms with Crippen LogP contribution in [-0.4, -0.2) is 18.6 Å². The summed E-state index contributed by atoms with van der Waals surface area (Å²) in [5.74, 6) is 0. The summed E-state index contributed by atoms with van der Waals surface area (Å²) in [6, 6.07) is 0. The van der Waals surface area contributed by atoms with Crippen LogP contribution in [0.25, 0.3) is 0 Å². The third kappa shape index (κ3) is 2.02. The van der Waals surface area contributed by atoms with E-state index in [0.717, 1.165) is 13.1 Å². The summed E-state index contributed by atoms with van der Waals surface area (Å²) in [5, 5.41) is 5.73. The number of hydrogen-bond acceptors (Lipinski definition) is 3. The van der Waals surface area contributed by atoms with Crippen LogP contribution in [0.5, 0.6) is 0 Å². The van der Waals surface area contributed by atoms with Crippen molar-refractivity contribution in [1.82, 2.24) is 5.32 Å². The molecule has 0 spiro atoms. The lowest BCUT2D eigenvalue weighted by atomic mass is 10.00. The van der Waals surface area contributed by atoms with Crippen LogP contribution in [0.3, 0.4) is 0 Å². The van der Waals surface area contributed by atoms with Gasteiger partial charge in [-0.1, -0.05) is 6.58 Å². The van der Waals surface area contributed by atoms with E-state index in [9.17, 15) is 0 Å². The Morgan fingerprint density at radius 1 is 1.44 bits per heavy atom. The minimum atomic E-state index is 0.155. The molecule has 3 heteroatoms. The maximum absolute atomic E-state index is 4.17. The smallest absolute Gasteiger partial charge is 0.0577 e. The van der Waals surface area contributed by atoms with Gasteiger partial charge >= 0.3 is 0 Å². The van der Waals surface area contributed by atoms with Crippen molar-refractivity contribution >= 4 is 17.0 Å². The lowest BCUT2D eigenvalue weighted by Gasteiger charge is -2.42. The Kier molecular flexibility index (Phi) is 2.84. The first-order valence-electron chi connectivity index (χ1n) is 5.66. The molecular weight excluding hydrogens is 216 g/mol. The van der Waals surface area contributed by atoms with Gasteiger partial charge in [-0.2, -0.15) is 0 Å². The molecule has 0 saturated carbocycles. The summed E-state index contributed by atoms with van der Waals surface area (Å²) in [5.41, 5.74) is 4.05. The second kappa shape index (κ2) is 3.90. The molecule has 2 nitrogen and oxygen atoms in total. The van der Waals surface area contributed by atoms with Crippen LogP contribution in [0.15, 0.2) is 17.7 Å². The monoisotopic (exact) mass is 236 g/mol. The van der Waals surface area contributed by atoms with E-state index < -0.39 is 0 Å². The van der Waals surface area contributed by atoms with Crippen molar-refractivity contribution in [1.29, 1.82) is 0 Å². The van der Waals surface area contributed by atoms with E-state index in [-0.39, 0.29) is 5.54 Å². The van der Waals surface area contributed by atoms with Crippen molar-refractivity contribution in [3.63, 3.8) is 0 Å². The third-order valence-corrected chi connectivity index (χ3v) is 4.11. The number of anilines is 1. The van der Waals surface area contributed by atoms with Gasteiger partial charge in [0.2, 0.25) is 0 Å². The lowest BCUT2D eigenvalue weighted by Crippen LogP contribution is -2.55. The maximum atomic E-state index is 4.17. The molecule has 1 aliphatic heterocycles. The largest absolute Gasteiger partial charge is 0.341 e. The average Bonchev–Trinajstić information content (AvgIpc) is 2.51. The van der Waals surface area contributed by atoms with Crippen LogP contribution in [-0.2, 0) is 0 Å². The van der Waals surface area contributed by atoms with Gasteiger partial charge in [-0.15, -0.1) is 11.3 Å². The molecule has 0 amide bonds. The molecule has 1 N–H and O–H groups in total. The molecule has 1 fully saturated rings. The van der Waals surface area contributed by atoms with E-state index >= 15 is 0 Å². The molecule has 0 radical (unpaired) electrons. The first kappa shape index (κ1) is 11.7. The minimum absolute atomic E-state index is 0.155. The quantitative estimate of drug-likeness (QED) is 0.806. The minimum Gasteiger partial charge on any atom is -0.341 e. The standard InChI is InChI=1S/C13H20N2S/c1-9-7-16-11(3)12(9)15-8-13(4,5)14-6-10(15)2/h7,14H,2,6,8H2,1,3-5H3.